The Hall–Kier alpha value is -0.110. The zero-order valence-corrected chi connectivity index (χ0v) is 7.49. The highest BCUT2D eigenvalue weighted by Crippen LogP contribution is 2.31. The van der Waals surface area contributed by atoms with Crippen molar-refractivity contribution in [1.82, 2.24) is 5.32 Å². The summed E-state index contributed by atoms with van der Waals surface area (Å²) in [6.07, 6.45) is 2.78. The number of alkyl halides is 1. The van der Waals surface area contributed by atoms with Crippen molar-refractivity contribution >= 4 is 0 Å². The topological polar surface area (TPSA) is 12.0 Å². The molecule has 1 saturated heterocycles. The molecule has 66 valence electrons. The van der Waals surface area contributed by atoms with Gasteiger partial charge in [-0.05, 0) is 26.3 Å². The van der Waals surface area contributed by atoms with Crippen molar-refractivity contribution in [3.63, 3.8) is 0 Å². The fourth-order valence-electron chi connectivity index (χ4n) is 1.78. The smallest absolute Gasteiger partial charge is 0.113 e. The summed E-state index contributed by atoms with van der Waals surface area (Å²) in [4.78, 5) is 0. The zero-order valence-electron chi connectivity index (χ0n) is 7.49. The summed E-state index contributed by atoms with van der Waals surface area (Å²) in [6, 6.07) is 0. The van der Waals surface area contributed by atoms with Gasteiger partial charge in [-0.25, -0.2) is 4.39 Å². The molecular formula is C9H18FN. The second-order valence-electron chi connectivity index (χ2n) is 3.72. The van der Waals surface area contributed by atoms with E-state index in [-0.39, 0.29) is 5.92 Å². The van der Waals surface area contributed by atoms with Crippen molar-refractivity contribution in [3.05, 3.63) is 0 Å². The Morgan fingerprint density at radius 3 is 2.91 bits per heavy atom. The van der Waals surface area contributed by atoms with Gasteiger partial charge in [0.15, 0.2) is 0 Å². The molecular weight excluding hydrogens is 141 g/mol. The molecule has 1 aliphatic heterocycles. The zero-order chi connectivity index (χ0) is 8.32. The van der Waals surface area contributed by atoms with Gasteiger partial charge in [0.2, 0.25) is 0 Å². The Balaban J connectivity index is 2.45. The number of nitrogens with one attached hydrogen (secondary N) is 1. The second-order valence-corrected chi connectivity index (χ2v) is 3.72. The van der Waals surface area contributed by atoms with Crippen LogP contribution in [0.25, 0.3) is 0 Å². The highest BCUT2D eigenvalue weighted by Gasteiger charge is 2.35. The van der Waals surface area contributed by atoms with E-state index in [0.29, 0.717) is 6.42 Å². The fourth-order valence-corrected chi connectivity index (χ4v) is 1.78. The molecule has 0 amide bonds. The first-order valence-corrected chi connectivity index (χ1v) is 4.56. The molecule has 2 unspecified atom stereocenters. The van der Waals surface area contributed by atoms with Gasteiger partial charge in [0, 0.05) is 12.5 Å². The Morgan fingerprint density at radius 1 is 1.64 bits per heavy atom. The monoisotopic (exact) mass is 159 g/mol. The lowest BCUT2D eigenvalue weighted by Crippen LogP contribution is -2.45. The number of hydrogen-bond donors (Lipinski definition) is 1. The highest BCUT2D eigenvalue weighted by molar-refractivity contribution is 4.88. The predicted molar refractivity (Wildman–Crippen MR) is 45.4 cm³/mol. The predicted octanol–water partition coefficient (Wildman–Crippen LogP) is 2.12. The molecule has 0 aliphatic carbocycles. The lowest BCUT2D eigenvalue weighted by Gasteiger charge is -2.35. The summed E-state index contributed by atoms with van der Waals surface area (Å²) in [5, 5.41) is 3.24. The lowest BCUT2D eigenvalue weighted by molar-refractivity contribution is 0.0619. The SMILES string of the molecule is CCCC1CNCCC1(C)F. The third-order valence-electron chi connectivity index (χ3n) is 2.67. The van der Waals surface area contributed by atoms with Crippen LogP contribution in [0.1, 0.15) is 33.1 Å². The average Bonchev–Trinajstić information content (AvgIpc) is 1.94. The van der Waals surface area contributed by atoms with Gasteiger partial charge in [0.25, 0.3) is 0 Å². The summed E-state index contributed by atoms with van der Waals surface area (Å²) in [7, 11) is 0. The van der Waals surface area contributed by atoms with Gasteiger partial charge in [-0.1, -0.05) is 13.3 Å². The van der Waals surface area contributed by atoms with Gasteiger partial charge >= 0.3 is 0 Å². The Kier molecular flexibility index (Phi) is 2.88. The van der Waals surface area contributed by atoms with E-state index >= 15 is 0 Å². The molecule has 0 spiro atoms. The van der Waals surface area contributed by atoms with Crippen molar-refractivity contribution in [2.45, 2.75) is 38.8 Å². The van der Waals surface area contributed by atoms with Gasteiger partial charge in [-0.3, -0.25) is 0 Å². The van der Waals surface area contributed by atoms with E-state index < -0.39 is 5.67 Å². The Bertz CT molecular complexity index is 121. The molecule has 1 aliphatic rings. The van der Waals surface area contributed by atoms with Crippen molar-refractivity contribution in [3.8, 4) is 0 Å². The molecule has 2 atom stereocenters. The van der Waals surface area contributed by atoms with Gasteiger partial charge in [-0.2, -0.15) is 0 Å². The highest BCUT2D eigenvalue weighted by atomic mass is 19.1. The van der Waals surface area contributed by atoms with Crippen LogP contribution < -0.4 is 5.32 Å². The maximum Gasteiger partial charge on any atom is 0.113 e. The molecule has 0 bridgehead atoms. The second kappa shape index (κ2) is 3.53. The van der Waals surface area contributed by atoms with Gasteiger partial charge in [0.05, 0.1) is 0 Å². The number of hydrogen-bond acceptors (Lipinski definition) is 1. The van der Waals surface area contributed by atoms with E-state index in [0.717, 1.165) is 25.9 Å². The van der Waals surface area contributed by atoms with Gasteiger partial charge in [0.1, 0.15) is 5.67 Å². The van der Waals surface area contributed by atoms with Crippen molar-refractivity contribution < 1.29 is 4.39 Å². The average molecular weight is 159 g/mol. The number of halogens is 1. The molecule has 0 aromatic carbocycles. The van der Waals surface area contributed by atoms with Crippen molar-refractivity contribution in [1.29, 1.82) is 0 Å². The number of piperidine rings is 1. The maximum atomic E-state index is 13.7. The minimum atomic E-state index is -0.915. The van der Waals surface area contributed by atoms with Crippen LogP contribution in [0.5, 0.6) is 0 Å². The quantitative estimate of drug-likeness (QED) is 0.650. The molecule has 1 nitrogen and oxygen atoms in total. The summed E-state index contributed by atoms with van der Waals surface area (Å²) in [6.45, 7) is 5.56. The van der Waals surface area contributed by atoms with E-state index in [1.54, 1.807) is 6.92 Å². The molecule has 0 saturated carbocycles. The van der Waals surface area contributed by atoms with Crippen LogP contribution >= 0.6 is 0 Å². The molecule has 0 radical (unpaired) electrons. The minimum Gasteiger partial charge on any atom is -0.316 e. The van der Waals surface area contributed by atoms with Crippen LogP contribution in [0.15, 0.2) is 0 Å². The Labute approximate surface area is 68.4 Å². The van der Waals surface area contributed by atoms with Crippen LogP contribution in [0, 0.1) is 5.92 Å². The summed E-state index contributed by atoms with van der Waals surface area (Å²) in [5.41, 5.74) is -0.915. The first kappa shape index (κ1) is 8.98. The van der Waals surface area contributed by atoms with E-state index in [4.69, 9.17) is 0 Å². The first-order chi connectivity index (χ1) is 5.17. The molecule has 1 heterocycles. The Morgan fingerprint density at radius 2 is 2.36 bits per heavy atom. The molecule has 0 aromatic heterocycles. The normalized spacial score (nSPS) is 39.0. The van der Waals surface area contributed by atoms with Crippen LogP contribution in [0.2, 0.25) is 0 Å². The third kappa shape index (κ3) is 2.16. The van der Waals surface area contributed by atoms with E-state index in [9.17, 15) is 4.39 Å². The van der Waals surface area contributed by atoms with E-state index in [1.165, 1.54) is 0 Å². The lowest BCUT2D eigenvalue weighted by atomic mass is 9.82. The molecule has 1 N–H and O–H groups in total. The minimum absolute atomic E-state index is 0.237. The summed E-state index contributed by atoms with van der Waals surface area (Å²) < 4.78 is 13.7. The van der Waals surface area contributed by atoms with Crippen LogP contribution in [-0.4, -0.2) is 18.8 Å². The van der Waals surface area contributed by atoms with Crippen molar-refractivity contribution in [2.24, 2.45) is 5.92 Å². The maximum absolute atomic E-state index is 13.7. The fraction of sp³-hybridized carbons (Fsp3) is 1.00. The van der Waals surface area contributed by atoms with E-state index in [1.807, 2.05) is 0 Å². The van der Waals surface area contributed by atoms with Crippen LogP contribution in [0.4, 0.5) is 4.39 Å². The third-order valence-corrected chi connectivity index (χ3v) is 2.67. The summed E-state index contributed by atoms with van der Waals surface area (Å²) >= 11 is 0. The molecule has 0 aromatic rings. The van der Waals surface area contributed by atoms with Crippen LogP contribution in [0.3, 0.4) is 0 Å². The number of rotatable bonds is 2. The largest absolute Gasteiger partial charge is 0.316 e. The summed E-state index contributed by atoms with van der Waals surface area (Å²) in [5.74, 6) is 0.237. The van der Waals surface area contributed by atoms with Crippen LogP contribution in [-0.2, 0) is 0 Å². The standard InChI is InChI=1S/C9H18FN/c1-3-4-8-7-11-6-5-9(8,2)10/h8,11H,3-7H2,1-2H3. The molecule has 2 heteroatoms. The van der Waals surface area contributed by atoms with Gasteiger partial charge in [-0.15, -0.1) is 0 Å². The van der Waals surface area contributed by atoms with Crippen molar-refractivity contribution in [2.75, 3.05) is 13.1 Å². The van der Waals surface area contributed by atoms with Gasteiger partial charge < -0.3 is 5.32 Å². The van der Waals surface area contributed by atoms with E-state index in [2.05, 4.69) is 12.2 Å². The first-order valence-electron chi connectivity index (χ1n) is 4.56. The molecule has 11 heavy (non-hydrogen) atoms. The molecule has 1 rings (SSSR count). The molecule has 1 fully saturated rings.